The molecule has 5 rings (SSSR count). The van der Waals surface area contributed by atoms with E-state index < -0.39 is 10.0 Å². The molecule has 4 heterocycles. The van der Waals surface area contributed by atoms with E-state index in [0.29, 0.717) is 48.9 Å². The number of aryl methyl sites for hydroxylation is 3. The predicted octanol–water partition coefficient (Wildman–Crippen LogP) is 2.10. The molecule has 0 unspecified atom stereocenters. The average Bonchev–Trinajstić information content (AvgIpc) is 3.38. The van der Waals surface area contributed by atoms with Crippen LogP contribution in [-0.2, 0) is 10.0 Å². The number of rotatable bonds is 4. The fourth-order valence-electron chi connectivity index (χ4n) is 3.95. The lowest BCUT2D eigenvalue weighted by atomic mass is 10.3. The summed E-state index contributed by atoms with van der Waals surface area (Å²) < 4.78 is 38.2. The quantitative estimate of drug-likeness (QED) is 0.446. The molecule has 1 saturated heterocycles. The van der Waals surface area contributed by atoms with Crippen molar-refractivity contribution >= 4 is 38.6 Å². The monoisotopic (exact) mass is 470 g/mol. The second-order valence-corrected chi connectivity index (χ2v) is 10.2. The summed E-state index contributed by atoms with van der Waals surface area (Å²) >= 11 is 1.02. The Labute approximate surface area is 189 Å². The smallest absolute Gasteiger partial charge is 0.245 e. The van der Waals surface area contributed by atoms with Crippen molar-refractivity contribution in [2.45, 2.75) is 25.7 Å². The van der Waals surface area contributed by atoms with Gasteiger partial charge in [-0.3, -0.25) is 0 Å². The van der Waals surface area contributed by atoms with Crippen molar-refractivity contribution in [3.05, 3.63) is 47.5 Å². The highest BCUT2D eigenvalue weighted by atomic mass is 32.2. The molecule has 1 aliphatic rings. The molecule has 0 amide bonds. The molecular weight excluding hydrogens is 448 g/mol. The summed E-state index contributed by atoms with van der Waals surface area (Å²) in [5.41, 5.74) is 2.95. The Hall–Kier alpha value is -2.96. The van der Waals surface area contributed by atoms with E-state index in [2.05, 4.69) is 28.7 Å². The first kappa shape index (κ1) is 20.9. The van der Waals surface area contributed by atoms with Crippen LogP contribution in [0.3, 0.4) is 0 Å². The molecule has 1 aromatic carbocycles. The molecule has 1 aliphatic heterocycles. The number of aromatic nitrogens is 6. The van der Waals surface area contributed by atoms with Gasteiger partial charge in [-0.15, -0.1) is 0 Å². The highest BCUT2D eigenvalue weighted by molar-refractivity contribution is 7.89. The van der Waals surface area contributed by atoms with Crippen LogP contribution in [0.15, 0.2) is 35.2 Å². The number of nitrogens with zero attached hydrogens (tertiary/aromatic N) is 8. The van der Waals surface area contributed by atoms with Gasteiger partial charge >= 0.3 is 0 Å². The number of anilines is 1. The predicted molar refractivity (Wildman–Crippen MR) is 122 cm³/mol. The van der Waals surface area contributed by atoms with Gasteiger partial charge in [-0.1, -0.05) is 6.07 Å². The molecule has 1 fully saturated rings. The van der Waals surface area contributed by atoms with E-state index in [9.17, 15) is 8.42 Å². The van der Waals surface area contributed by atoms with Crippen LogP contribution in [0.1, 0.15) is 17.2 Å². The zero-order valence-electron chi connectivity index (χ0n) is 17.9. The van der Waals surface area contributed by atoms with Gasteiger partial charge in [0.2, 0.25) is 10.0 Å². The maximum atomic E-state index is 13.3. The molecule has 10 nitrogen and oxygen atoms in total. The van der Waals surface area contributed by atoms with E-state index in [-0.39, 0.29) is 4.90 Å². The van der Waals surface area contributed by atoms with Gasteiger partial charge in [-0.25, -0.2) is 23.1 Å². The molecule has 166 valence electrons. The molecule has 0 saturated carbocycles. The summed E-state index contributed by atoms with van der Waals surface area (Å²) in [5.74, 6) is 2.11. The Morgan fingerprint density at radius 3 is 2.41 bits per heavy atom. The highest BCUT2D eigenvalue weighted by Gasteiger charge is 2.31. The van der Waals surface area contributed by atoms with Crippen LogP contribution in [0.5, 0.6) is 0 Å². The molecular formula is C20H22N8O2S2. The summed E-state index contributed by atoms with van der Waals surface area (Å²) in [6.45, 7) is 7.54. The zero-order valence-corrected chi connectivity index (χ0v) is 19.6. The molecule has 4 aromatic rings. The summed E-state index contributed by atoms with van der Waals surface area (Å²) in [6, 6.07) is 8.97. The van der Waals surface area contributed by atoms with Crippen LogP contribution >= 0.6 is 11.7 Å². The van der Waals surface area contributed by atoms with Crippen LogP contribution in [0.2, 0.25) is 0 Å². The number of hydrogen-bond acceptors (Lipinski definition) is 9. The van der Waals surface area contributed by atoms with Crippen molar-refractivity contribution in [3.63, 3.8) is 0 Å². The topological polar surface area (TPSA) is 110 Å². The largest absolute Gasteiger partial charge is 0.354 e. The van der Waals surface area contributed by atoms with E-state index >= 15 is 0 Å². The first-order valence-corrected chi connectivity index (χ1v) is 12.4. The van der Waals surface area contributed by atoms with Crippen molar-refractivity contribution in [3.8, 4) is 5.82 Å². The lowest BCUT2D eigenvalue weighted by Crippen LogP contribution is -2.49. The normalized spacial score (nSPS) is 15.5. The first-order valence-electron chi connectivity index (χ1n) is 10.2. The van der Waals surface area contributed by atoms with E-state index in [1.54, 1.807) is 22.9 Å². The Kier molecular flexibility index (Phi) is 5.14. The number of fused-ring (bicyclic) bond motifs is 1. The molecule has 32 heavy (non-hydrogen) atoms. The van der Waals surface area contributed by atoms with Crippen LogP contribution in [0.25, 0.3) is 16.9 Å². The van der Waals surface area contributed by atoms with E-state index in [1.165, 1.54) is 4.31 Å². The summed E-state index contributed by atoms with van der Waals surface area (Å²) in [6.07, 6.45) is 0. The van der Waals surface area contributed by atoms with Gasteiger partial charge < -0.3 is 4.90 Å². The van der Waals surface area contributed by atoms with Crippen LogP contribution < -0.4 is 4.90 Å². The van der Waals surface area contributed by atoms with Crippen LogP contribution in [-0.4, -0.2) is 67.4 Å². The van der Waals surface area contributed by atoms with Gasteiger partial charge in [-0.2, -0.15) is 18.2 Å². The van der Waals surface area contributed by atoms with E-state index in [4.69, 9.17) is 0 Å². The summed E-state index contributed by atoms with van der Waals surface area (Å²) in [5, 5.41) is 4.52. The maximum absolute atomic E-state index is 13.3. The Balaban J connectivity index is 1.38. The molecule has 0 bridgehead atoms. The fraction of sp³-hybridized carbons (Fsp3) is 0.350. The second-order valence-electron chi connectivity index (χ2n) is 7.75. The minimum atomic E-state index is -3.66. The van der Waals surface area contributed by atoms with Gasteiger partial charge in [0.1, 0.15) is 27.6 Å². The second kappa shape index (κ2) is 7.87. The van der Waals surface area contributed by atoms with Gasteiger partial charge in [0.15, 0.2) is 5.82 Å². The Morgan fingerprint density at radius 1 is 0.938 bits per heavy atom. The van der Waals surface area contributed by atoms with Crippen LogP contribution in [0.4, 0.5) is 5.82 Å². The summed E-state index contributed by atoms with van der Waals surface area (Å²) in [7, 11) is -3.66. The first-order chi connectivity index (χ1) is 15.3. The van der Waals surface area contributed by atoms with Crippen molar-refractivity contribution in [1.82, 2.24) is 32.8 Å². The SMILES string of the molecule is Cc1cc(C)n(-c2cc(N3CCN(S(=O)(=O)c4cccc5nsnc45)CC3)nc(C)n2)n1. The lowest BCUT2D eigenvalue weighted by molar-refractivity contribution is 0.384. The van der Waals surface area contributed by atoms with Crippen molar-refractivity contribution in [1.29, 1.82) is 0 Å². The molecule has 12 heteroatoms. The third-order valence-electron chi connectivity index (χ3n) is 5.47. The molecule has 0 N–H and O–H groups in total. The third-order valence-corrected chi connectivity index (χ3v) is 7.94. The molecule has 0 radical (unpaired) electrons. The van der Waals surface area contributed by atoms with Crippen LogP contribution in [0, 0.1) is 20.8 Å². The number of hydrogen-bond donors (Lipinski definition) is 0. The number of sulfonamides is 1. The minimum Gasteiger partial charge on any atom is -0.354 e. The van der Waals surface area contributed by atoms with E-state index in [0.717, 1.165) is 28.9 Å². The van der Waals surface area contributed by atoms with Crippen molar-refractivity contribution in [2.24, 2.45) is 0 Å². The van der Waals surface area contributed by atoms with Gasteiger partial charge in [0.05, 0.1) is 17.4 Å². The van der Waals surface area contributed by atoms with Crippen molar-refractivity contribution in [2.75, 3.05) is 31.1 Å². The molecule has 0 atom stereocenters. The lowest BCUT2D eigenvalue weighted by Gasteiger charge is -2.34. The molecule has 0 spiro atoms. The highest BCUT2D eigenvalue weighted by Crippen LogP contribution is 2.26. The zero-order chi connectivity index (χ0) is 22.5. The Morgan fingerprint density at radius 2 is 1.69 bits per heavy atom. The Bertz CT molecular complexity index is 1400. The standard InChI is InChI=1S/C20H22N8O2S2/c1-13-11-14(2)28(23-13)19-12-18(21-15(3)22-19)26-7-9-27(10-8-26)32(29,30)17-6-4-5-16-20(17)25-31-24-16/h4-6,11-12H,7-10H2,1-3H3. The summed E-state index contributed by atoms with van der Waals surface area (Å²) in [4.78, 5) is 11.4. The van der Waals surface area contributed by atoms with Gasteiger partial charge in [0, 0.05) is 37.9 Å². The molecule has 3 aromatic heterocycles. The van der Waals surface area contributed by atoms with Crippen molar-refractivity contribution < 1.29 is 8.42 Å². The number of benzene rings is 1. The number of piperazine rings is 1. The fourth-order valence-corrected chi connectivity index (χ4v) is 6.13. The third kappa shape index (κ3) is 3.63. The average molecular weight is 471 g/mol. The maximum Gasteiger partial charge on any atom is 0.245 e. The van der Waals surface area contributed by atoms with Gasteiger partial charge in [0.25, 0.3) is 0 Å². The molecule has 0 aliphatic carbocycles. The minimum absolute atomic E-state index is 0.210. The van der Waals surface area contributed by atoms with Gasteiger partial charge in [-0.05, 0) is 39.0 Å². The van der Waals surface area contributed by atoms with E-state index in [1.807, 2.05) is 32.9 Å².